The molecule has 2 aromatic rings. The standard InChI is InChI=1S/C20H23NO2/c1-4-21(14(2)13-23-3)20(22)16-9-10-19-17(12-16)11-15-7-5-6-8-18(15)19/h5-10,12,14H,4,11,13H2,1-3H3. The molecule has 1 atom stereocenters. The van der Waals surface area contributed by atoms with Crippen LogP contribution in [0.15, 0.2) is 42.5 Å². The molecule has 0 N–H and O–H groups in total. The Labute approximate surface area is 137 Å². The van der Waals surface area contributed by atoms with Gasteiger partial charge in [0.15, 0.2) is 0 Å². The van der Waals surface area contributed by atoms with Crippen LogP contribution in [-0.2, 0) is 11.2 Å². The van der Waals surface area contributed by atoms with Gasteiger partial charge in [-0.3, -0.25) is 4.79 Å². The summed E-state index contributed by atoms with van der Waals surface area (Å²) in [6.45, 7) is 5.26. The average Bonchev–Trinajstić information content (AvgIpc) is 2.93. The Morgan fingerprint density at radius 2 is 1.91 bits per heavy atom. The van der Waals surface area contributed by atoms with Crippen LogP contribution in [0, 0.1) is 0 Å². The second-order valence-corrected chi connectivity index (χ2v) is 6.10. The molecular weight excluding hydrogens is 286 g/mol. The van der Waals surface area contributed by atoms with Gasteiger partial charge >= 0.3 is 0 Å². The first-order valence-electron chi connectivity index (χ1n) is 8.16. The minimum atomic E-state index is 0.0722. The Balaban J connectivity index is 1.88. The first-order chi connectivity index (χ1) is 11.2. The Hall–Kier alpha value is -2.13. The van der Waals surface area contributed by atoms with E-state index in [1.165, 1.54) is 22.3 Å². The Bertz CT molecular complexity index is 723. The summed E-state index contributed by atoms with van der Waals surface area (Å²) in [4.78, 5) is 14.7. The molecule has 0 saturated heterocycles. The number of methoxy groups -OCH3 is 1. The molecule has 0 spiro atoms. The van der Waals surface area contributed by atoms with Crippen LogP contribution in [0.25, 0.3) is 11.1 Å². The lowest BCUT2D eigenvalue weighted by Crippen LogP contribution is -2.40. The van der Waals surface area contributed by atoms with Crippen LogP contribution >= 0.6 is 0 Å². The number of carbonyl (C=O) groups is 1. The third kappa shape index (κ3) is 2.89. The predicted molar refractivity (Wildman–Crippen MR) is 92.7 cm³/mol. The Morgan fingerprint density at radius 3 is 2.65 bits per heavy atom. The van der Waals surface area contributed by atoms with E-state index in [1.807, 2.05) is 24.8 Å². The molecule has 1 aliphatic rings. The maximum absolute atomic E-state index is 12.8. The third-order valence-electron chi connectivity index (χ3n) is 4.58. The SMILES string of the molecule is CCN(C(=O)c1ccc2c(c1)Cc1ccccc1-2)C(C)COC. The van der Waals surface area contributed by atoms with Gasteiger partial charge in [0.25, 0.3) is 5.91 Å². The number of likely N-dealkylation sites (N-methyl/N-ethyl adjacent to an activating group) is 1. The van der Waals surface area contributed by atoms with Gasteiger partial charge in [-0.2, -0.15) is 0 Å². The van der Waals surface area contributed by atoms with Crippen molar-refractivity contribution in [1.29, 1.82) is 0 Å². The number of carbonyl (C=O) groups excluding carboxylic acids is 1. The van der Waals surface area contributed by atoms with Crippen LogP contribution in [-0.4, -0.2) is 37.1 Å². The maximum atomic E-state index is 12.8. The number of amides is 1. The van der Waals surface area contributed by atoms with E-state index in [9.17, 15) is 4.79 Å². The van der Waals surface area contributed by atoms with Crippen LogP contribution in [0.3, 0.4) is 0 Å². The molecule has 3 rings (SSSR count). The van der Waals surface area contributed by atoms with Crippen LogP contribution in [0.4, 0.5) is 0 Å². The molecule has 1 unspecified atom stereocenters. The largest absolute Gasteiger partial charge is 0.383 e. The maximum Gasteiger partial charge on any atom is 0.254 e. The second-order valence-electron chi connectivity index (χ2n) is 6.10. The number of benzene rings is 2. The second kappa shape index (κ2) is 6.55. The molecule has 2 aromatic carbocycles. The van der Waals surface area contributed by atoms with E-state index in [4.69, 9.17) is 4.74 Å². The minimum absolute atomic E-state index is 0.0722. The summed E-state index contributed by atoms with van der Waals surface area (Å²) >= 11 is 0. The summed E-state index contributed by atoms with van der Waals surface area (Å²) in [7, 11) is 1.67. The Kier molecular flexibility index (Phi) is 4.49. The number of ether oxygens (including phenoxy) is 1. The number of hydrogen-bond donors (Lipinski definition) is 0. The smallest absolute Gasteiger partial charge is 0.254 e. The van der Waals surface area contributed by atoms with Gasteiger partial charge in [0.1, 0.15) is 0 Å². The van der Waals surface area contributed by atoms with Crippen LogP contribution in [0.2, 0.25) is 0 Å². The highest BCUT2D eigenvalue weighted by atomic mass is 16.5. The first kappa shape index (κ1) is 15.8. The summed E-state index contributed by atoms with van der Waals surface area (Å²) < 4.78 is 5.19. The number of nitrogens with zero attached hydrogens (tertiary/aromatic N) is 1. The van der Waals surface area contributed by atoms with Crippen molar-refractivity contribution in [3.63, 3.8) is 0 Å². The topological polar surface area (TPSA) is 29.5 Å². The van der Waals surface area contributed by atoms with Crippen molar-refractivity contribution < 1.29 is 9.53 Å². The zero-order chi connectivity index (χ0) is 16.4. The molecule has 1 amide bonds. The van der Waals surface area contributed by atoms with E-state index in [2.05, 4.69) is 36.4 Å². The van der Waals surface area contributed by atoms with Gasteiger partial charge in [-0.25, -0.2) is 0 Å². The fourth-order valence-electron chi connectivity index (χ4n) is 3.43. The molecule has 0 saturated carbocycles. The van der Waals surface area contributed by atoms with Gasteiger partial charge in [-0.15, -0.1) is 0 Å². The van der Waals surface area contributed by atoms with Crippen molar-refractivity contribution in [2.24, 2.45) is 0 Å². The summed E-state index contributed by atoms with van der Waals surface area (Å²) in [5.41, 5.74) is 5.90. The van der Waals surface area contributed by atoms with Crippen LogP contribution < -0.4 is 0 Å². The van der Waals surface area contributed by atoms with Gasteiger partial charge in [-0.05, 0) is 54.7 Å². The van der Waals surface area contributed by atoms with E-state index in [-0.39, 0.29) is 11.9 Å². The van der Waals surface area contributed by atoms with Crippen LogP contribution in [0.1, 0.15) is 35.3 Å². The van der Waals surface area contributed by atoms with Gasteiger partial charge in [-0.1, -0.05) is 30.3 Å². The van der Waals surface area contributed by atoms with Crippen molar-refractivity contribution in [2.45, 2.75) is 26.3 Å². The Morgan fingerprint density at radius 1 is 1.17 bits per heavy atom. The van der Waals surface area contributed by atoms with Gasteiger partial charge in [0.05, 0.1) is 12.6 Å². The van der Waals surface area contributed by atoms with E-state index in [0.29, 0.717) is 13.2 Å². The minimum Gasteiger partial charge on any atom is -0.383 e. The molecular formula is C20H23NO2. The monoisotopic (exact) mass is 309 g/mol. The van der Waals surface area contributed by atoms with Crippen molar-refractivity contribution in [1.82, 2.24) is 4.90 Å². The molecule has 0 aromatic heterocycles. The molecule has 120 valence electrons. The van der Waals surface area contributed by atoms with E-state index in [0.717, 1.165) is 12.0 Å². The number of fused-ring (bicyclic) bond motifs is 3. The summed E-state index contributed by atoms with van der Waals surface area (Å²) in [6, 6.07) is 14.6. The summed E-state index contributed by atoms with van der Waals surface area (Å²) in [5, 5.41) is 0. The lowest BCUT2D eigenvalue weighted by molar-refractivity contribution is 0.0579. The zero-order valence-corrected chi connectivity index (χ0v) is 14.0. The normalized spacial score (nSPS) is 13.3. The van der Waals surface area contributed by atoms with Crippen molar-refractivity contribution in [3.8, 4) is 11.1 Å². The summed E-state index contributed by atoms with van der Waals surface area (Å²) in [6.07, 6.45) is 0.909. The van der Waals surface area contributed by atoms with Crippen molar-refractivity contribution in [3.05, 3.63) is 59.2 Å². The van der Waals surface area contributed by atoms with Crippen molar-refractivity contribution in [2.75, 3.05) is 20.3 Å². The van der Waals surface area contributed by atoms with E-state index >= 15 is 0 Å². The number of rotatable bonds is 5. The lowest BCUT2D eigenvalue weighted by atomic mass is 10.0. The van der Waals surface area contributed by atoms with Gasteiger partial charge in [0, 0.05) is 19.2 Å². The molecule has 3 nitrogen and oxygen atoms in total. The summed E-state index contributed by atoms with van der Waals surface area (Å²) in [5.74, 6) is 0.0795. The van der Waals surface area contributed by atoms with Crippen LogP contribution in [0.5, 0.6) is 0 Å². The van der Waals surface area contributed by atoms with E-state index in [1.54, 1.807) is 7.11 Å². The third-order valence-corrected chi connectivity index (χ3v) is 4.58. The lowest BCUT2D eigenvalue weighted by Gasteiger charge is -2.27. The fraction of sp³-hybridized carbons (Fsp3) is 0.350. The molecule has 0 heterocycles. The number of hydrogen-bond acceptors (Lipinski definition) is 2. The molecule has 3 heteroatoms. The highest BCUT2D eigenvalue weighted by Crippen LogP contribution is 2.36. The van der Waals surface area contributed by atoms with E-state index < -0.39 is 0 Å². The highest BCUT2D eigenvalue weighted by Gasteiger charge is 2.23. The molecule has 0 fully saturated rings. The zero-order valence-electron chi connectivity index (χ0n) is 14.0. The van der Waals surface area contributed by atoms with Gasteiger partial charge in [0.2, 0.25) is 0 Å². The molecule has 0 radical (unpaired) electrons. The predicted octanol–water partition coefficient (Wildman–Crippen LogP) is 3.75. The van der Waals surface area contributed by atoms with Gasteiger partial charge < -0.3 is 9.64 Å². The quantitative estimate of drug-likeness (QED) is 0.718. The molecule has 0 bridgehead atoms. The first-order valence-corrected chi connectivity index (χ1v) is 8.16. The fourth-order valence-corrected chi connectivity index (χ4v) is 3.43. The van der Waals surface area contributed by atoms with Crippen molar-refractivity contribution >= 4 is 5.91 Å². The molecule has 1 aliphatic carbocycles. The highest BCUT2D eigenvalue weighted by molar-refractivity contribution is 5.96. The molecule has 23 heavy (non-hydrogen) atoms. The average molecular weight is 309 g/mol. The molecule has 0 aliphatic heterocycles.